The number of carbonyl (C=O) groups is 1. The molecule has 0 spiro atoms. The third-order valence-corrected chi connectivity index (χ3v) is 4.83. The Kier molecular flexibility index (Phi) is 5.87. The first-order valence-electron chi connectivity index (χ1n) is 9.42. The van der Waals surface area contributed by atoms with Crippen molar-refractivity contribution in [3.05, 3.63) is 76.1 Å². The quantitative estimate of drug-likeness (QED) is 0.709. The summed E-state index contributed by atoms with van der Waals surface area (Å²) in [6.07, 6.45) is 2.28. The van der Waals surface area contributed by atoms with Gasteiger partial charge in [-0.25, -0.2) is 9.37 Å². The van der Waals surface area contributed by atoms with Gasteiger partial charge < -0.3 is 5.32 Å². The van der Waals surface area contributed by atoms with Gasteiger partial charge in [0.15, 0.2) is 0 Å². The van der Waals surface area contributed by atoms with E-state index in [1.54, 1.807) is 0 Å². The van der Waals surface area contributed by atoms with Crippen molar-refractivity contribution in [1.29, 1.82) is 0 Å². The third-order valence-electron chi connectivity index (χ3n) is 4.83. The normalized spacial score (nSPS) is 12.3. The minimum absolute atomic E-state index is 0.158. The molecule has 1 heterocycles. The van der Waals surface area contributed by atoms with E-state index in [2.05, 4.69) is 29.4 Å². The molecule has 6 heteroatoms. The molecule has 5 nitrogen and oxygen atoms in total. The first-order valence-corrected chi connectivity index (χ1v) is 9.42. The van der Waals surface area contributed by atoms with Gasteiger partial charge in [0.2, 0.25) is 5.91 Å². The first-order chi connectivity index (χ1) is 13.4. The van der Waals surface area contributed by atoms with Crippen molar-refractivity contribution in [2.24, 2.45) is 5.92 Å². The number of nitrogens with one attached hydrogen (secondary N) is 1. The molecule has 146 valence electrons. The molecule has 0 aliphatic rings. The molecule has 2 aromatic carbocycles. The van der Waals surface area contributed by atoms with Gasteiger partial charge in [0.05, 0.1) is 23.3 Å². The van der Waals surface area contributed by atoms with E-state index in [9.17, 15) is 14.0 Å². The largest absolute Gasteiger partial charge is 0.347 e. The molecule has 0 aliphatic carbocycles. The van der Waals surface area contributed by atoms with Crippen LogP contribution in [0.15, 0.2) is 53.6 Å². The van der Waals surface area contributed by atoms with Crippen LogP contribution in [0.4, 0.5) is 4.39 Å². The van der Waals surface area contributed by atoms with E-state index in [1.165, 1.54) is 28.6 Å². The van der Waals surface area contributed by atoms with Gasteiger partial charge in [-0.1, -0.05) is 45.0 Å². The van der Waals surface area contributed by atoms with Crippen LogP contribution >= 0.6 is 0 Å². The van der Waals surface area contributed by atoms with Crippen LogP contribution < -0.4 is 10.9 Å². The maximum atomic E-state index is 13.5. The van der Waals surface area contributed by atoms with Crippen LogP contribution in [-0.4, -0.2) is 15.5 Å². The van der Waals surface area contributed by atoms with E-state index >= 15 is 0 Å². The van der Waals surface area contributed by atoms with Crippen LogP contribution in [-0.2, 0) is 17.8 Å². The molecule has 1 atom stereocenters. The van der Waals surface area contributed by atoms with Gasteiger partial charge in [0.25, 0.3) is 5.56 Å². The summed E-state index contributed by atoms with van der Waals surface area (Å²) >= 11 is 0. The summed E-state index contributed by atoms with van der Waals surface area (Å²) in [4.78, 5) is 29.3. The lowest BCUT2D eigenvalue weighted by Crippen LogP contribution is -2.36. The van der Waals surface area contributed by atoms with Crippen molar-refractivity contribution in [3.63, 3.8) is 0 Å². The smallest absolute Gasteiger partial charge is 0.261 e. The molecule has 28 heavy (non-hydrogen) atoms. The van der Waals surface area contributed by atoms with Crippen LogP contribution in [0.1, 0.15) is 37.9 Å². The van der Waals surface area contributed by atoms with Gasteiger partial charge in [0.1, 0.15) is 12.4 Å². The average molecular weight is 381 g/mol. The number of fused-ring (bicyclic) bond motifs is 1. The molecular weight excluding hydrogens is 357 g/mol. The fourth-order valence-corrected chi connectivity index (χ4v) is 3.21. The number of hydrogen-bond acceptors (Lipinski definition) is 3. The SMILES string of the molecule is CCc1ccc([C@H](NC(=O)Cn2cnc3ccc(F)cc3c2=O)C(C)C)cc1. The standard InChI is InChI=1S/C22H24FN3O2/c1-4-15-5-7-16(8-6-15)21(14(2)3)25-20(27)12-26-13-24-19-10-9-17(23)11-18(19)22(26)28/h5-11,13-14,21H,4,12H2,1-3H3,(H,25,27)/t21-/m1/s1. The fourth-order valence-electron chi connectivity index (χ4n) is 3.21. The van der Waals surface area contributed by atoms with Gasteiger partial charge in [-0.3, -0.25) is 14.2 Å². The Balaban J connectivity index is 1.80. The molecule has 3 aromatic rings. The minimum atomic E-state index is -0.510. The lowest BCUT2D eigenvalue weighted by atomic mass is 9.95. The molecule has 1 amide bonds. The minimum Gasteiger partial charge on any atom is -0.347 e. The zero-order valence-corrected chi connectivity index (χ0v) is 16.3. The Hall–Kier alpha value is -3.02. The Bertz CT molecular complexity index is 1040. The number of aryl methyl sites for hydroxylation is 1. The van der Waals surface area contributed by atoms with Crippen molar-refractivity contribution >= 4 is 16.8 Å². The van der Waals surface area contributed by atoms with Crippen LogP contribution in [0.5, 0.6) is 0 Å². The van der Waals surface area contributed by atoms with Gasteiger partial charge in [-0.15, -0.1) is 0 Å². The van der Waals surface area contributed by atoms with E-state index in [4.69, 9.17) is 0 Å². The van der Waals surface area contributed by atoms with Gasteiger partial charge in [-0.2, -0.15) is 0 Å². The van der Waals surface area contributed by atoms with Crippen LogP contribution in [0.3, 0.4) is 0 Å². The highest BCUT2D eigenvalue weighted by molar-refractivity contribution is 5.79. The summed E-state index contributed by atoms with van der Waals surface area (Å²) in [5.41, 5.74) is 2.22. The summed E-state index contributed by atoms with van der Waals surface area (Å²) in [7, 11) is 0. The topological polar surface area (TPSA) is 64.0 Å². The molecule has 0 radical (unpaired) electrons. The molecule has 1 N–H and O–H groups in total. The van der Waals surface area contributed by atoms with Crippen LogP contribution in [0.2, 0.25) is 0 Å². The van der Waals surface area contributed by atoms with E-state index in [0.717, 1.165) is 18.1 Å². The van der Waals surface area contributed by atoms with Crippen molar-refractivity contribution in [2.45, 2.75) is 39.8 Å². The van der Waals surface area contributed by atoms with Crippen molar-refractivity contribution < 1.29 is 9.18 Å². The van der Waals surface area contributed by atoms with E-state index in [0.29, 0.717) is 5.52 Å². The van der Waals surface area contributed by atoms with Crippen LogP contribution in [0.25, 0.3) is 10.9 Å². The highest BCUT2D eigenvalue weighted by Gasteiger charge is 2.19. The Morgan fingerprint density at radius 3 is 2.54 bits per heavy atom. The molecule has 0 fully saturated rings. The van der Waals surface area contributed by atoms with Crippen molar-refractivity contribution in [1.82, 2.24) is 14.9 Å². The molecular formula is C22H24FN3O2. The number of aromatic nitrogens is 2. The zero-order valence-electron chi connectivity index (χ0n) is 16.3. The lowest BCUT2D eigenvalue weighted by Gasteiger charge is -2.23. The average Bonchev–Trinajstić information content (AvgIpc) is 2.68. The van der Waals surface area contributed by atoms with Crippen molar-refractivity contribution in [3.8, 4) is 0 Å². The second kappa shape index (κ2) is 8.33. The number of carbonyl (C=O) groups excluding carboxylic acids is 1. The number of amides is 1. The zero-order chi connectivity index (χ0) is 20.3. The Morgan fingerprint density at radius 2 is 1.89 bits per heavy atom. The monoisotopic (exact) mass is 381 g/mol. The number of rotatable bonds is 6. The summed E-state index contributed by atoms with van der Waals surface area (Å²) in [5, 5.41) is 3.16. The molecule has 0 unspecified atom stereocenters. The number of hydrogen-bond donors (Lipinski definition) is 1. The number of nitrogens with zero attached hydrogens (tertiary/aromatic N) is 2. The summed E-state index contributed by atoms with van der Waals surface area (Å²) in [6, 6.07) is 11.8. The van der Waals surface area contributed by atoms with E-state index in [1.807, 2.05) is 26.0 Å². The summed E-state index contributed by atoms with van der Waals surface area (Å²) < 4.78 is 14.7. The van der Waals surface area contributed by atoms with E-state index in [-0.39, 0.29) is 29.8 Å². The Morgan fingerprint density at radius 1 is 1.18 bits per heavy atom. The highest BCUT2D eigenvalue weighted by atomic mass is 19.1. The molecule has 0 bridgehead atoms. The lowest BCUT2D eigenvalue weighted by molar-refractivity contribution is -0.122. The van der Waals surface area contributed by atoms with Gasteiger partial charge >= 0.3 is 0 Å². The molecule has 0 saturated carbocycles. The molecule has 1 aromatic heterocycles. The number of halogens is 1. The second-order valence-corrected chi connectivity index (χ2v) is 7.22. The van der Waals surface area contributed by atoms with Gasteiger partial charge in [0, 0.05) is 0 Å². The second-order valence-electron chi connectivity index (χ2n) is 7.22. The molecule has 0 aliphatic heterocycles. The molecule has 0 saturated heterocycles. The van der Waals surface area contributed by atoms with Gasteiger partial charge in [-0.05, 0) is 41.7 Å². The summed E-state index contributed by atoms with van der Waals surface area (Å²) in [5.74, 6) is -0.626. The van der Waals surface area contributed by atoms with Crippen LogP contribution in [0, 0.1) is 11.7 Å². The fraction of sp³-hybridized carbons (Fsp3) is 0.318. The summed E-state index contributed by atoms with van der Waals surface area (Å²) in [6.45, 7) is 5.99. The Labute approximate surface area is 163 Å². The maximum Gasteiger partial charge on any atom is 0.261 e. The predicted octanol–water partition coefficient (Wildman–Crippen LogP) is 3.61. The highest BCUT2D eigenvalue weighted by Crippen LogP contribution is 2.22. The van der Waals surface area contributed by atoms with Crippen molar-refractivity contribution in [2.75, 3.05) is 0 Å². The predicted molar refractivity (Wildman–Crippen MR) is 108 cm³/mol. The molecule has 3 rings (SSSR count). The third kappa shape index (κ3) is 4.27. The first kappa shape index (κ1) is 19.7. The van der Waals surface area contributed by atoms with E-state index < -0.39 is 11.4 Å². The number of benzene rings is 2. The maximum absolute atomic E-state index is 13.5.